The lowest BCUT2D eigenvalue weighted by Gasteiger charge is -2.21. The molecule has 0 spiro atoms. The molecule has 1 N–H and O–H groups in total. The van der Waals surface area contributed by atoms with Crippen LogP contribution in [0.3, 0.4) is 0 Å². The van der Waals surface area contributed by atoms with Gasteiger partial charge in [-0.3, -0.25) is 4.98 Å². The Morgan fingerprint density at radius 1 is 1.26 bits per heavy atom. The first-order valence-corrected chi connectivity index (χ1v) is 8.29. The fraction of sp³-hybridized carbons (Fsp3) is 0.438. The van der Waals surface area contributed by atoms with E-state index in [4.69, 9.17) is 0 Å². The molecule has 0 aliphatic carbocycles. The number of aromatic nitrogens is 2. The number of thiazole rings is 1. The Bertz CT molecular complexity index is 641. The lowest BCUT2D eigenvalue weighted by molar-refractivity contribution is 0.470. The number of nitrogens with one attached hydrogen (secondary N) is 1. The molecule has 0 atom stereocenters. The molecule has 0 aliphatic rings. The fourth-order valence-corrected chi connectivity index (χ4v) is 2.72. The highest BCUT2D eigenvalue weighted by Crippen LogP contribution is 2.10. The SMILES string of the molecule is CCNC(=NCc1cccc(C)n1)N(C)Cc1csc(C)n1.I. The van der Waals surface area contributed by atoms with Crippen LogP contribution in [-0.4, -0.2) is 34.4 Å². The second-order valence-electron chi connectivity index (χ2n) is 5.15. The lowest BCUT2D eigenvalue weighted by Crippen LogP contribution is -2.38. The maximum Gasteiger partial charge on any atom is 0.194 e. The summed E-state index contributed by atoms with van der Waals surface area (Å²) in [5.74, 6) is 0.872. The number of halogens is 1. The van der Waals surface area contributed by atoms with Gasteiger partial charge in [0.25, 0.3) is 0 Å². The Morgan fingerprint density at radius 3 is 2.65 bits per heavy atom. The van der Waals surface area contributed by atoms with Crippen molar-refractivity contribution >= 4 is 41.3 Å². The van der Waals surface area contributed by atoms with Crippen molar-refractivity contribution in [2.75, 3.05) is 13.6 Å². The van der Waals surface area contributed by atoms with Gasteiger partial charge in [0.2, 0.25) is 0 Å². The Balaban J connectivity index is 0.00000264. The van der Waals surface area contributed by atoms with Crippen molar-refractivity contribution in [3.63, 3.8) is 0 Å². The summed E-state index contributed by atoms with van der Waals surface area (Å²) in [7, 11) is 2.03. The van der Waals surface area contributed by atoms with Crippen molar-refractivity contribution in [2.24, 2.45) is 4.99 Å². The third kappa shape index (κ3) is 6.42. The number of nitrogens with zero attached hydrogens (tertiary/aromatic N) is 4. The van der Waals surface area contributed by atoms with Crippen molar-refractivity contribution in [1.82, 2.24) is 20.2 Å². The van der Waals surface area contributed by atoms with Crippen LogP contribution in [0.2, 0.25) is 0 Å². The summed E-state index contributed by atoms with van der Waals surface area (Å²) in [4.78, 5) is 15.8. The molecule has 126 valence electrons. The summed E-state index contributed by atoms with van der Waals surface area (Å²) in [5.41, 5.74) is 3.07. The van der Waals surface area contributed by atoms with E-state index in [0.717, 1.165) is 41.1 Å². The molecule has 0 fully saturated rings. The molecule has 0 radical (unpaired) electrons. The van der Waals surface area contributed by atoms with Crippen LogP contribution >= 0.6 is 35.3 Å². The van der Waals surface area contributed by atoms with Gasteiger partial charge in [-0.25, -0.2) is 9.98 Å². The van der Waals surface area contributed by atoms with Gasteiger partial charge in [0.15, 0.2) is 5.96 Å². The topological polar surface area (TPSA) is 53.4 Å². The molecule has 0 aliphatic heterocycles. The minimum Gasteiger partial charge on any atom is -0.357 e. The highest BCUT2D eigenvalue weighted by molar-refractivity contribution is 14.0. The van der Waals surface area contributed by atoms with E-state index in [0.29, 0.717) is 6.54 Å². The second-order valence-corrected chi connectivity index (χ2v) is 6.22. The lowest BCUT2D eigenvalue weighted by atomic mass is 10.3. The number of aryl methyl sites for hydroxylation is 2. The van der Waals surface area contributed by atoms with Crippen LogP contribution in [0.15, 0.2) is 28.6 Å². The van der Waals surface area contributed by atoms with Crippen LogP contribution in [0.25, 0.3) is 0 Å². The molecule has 0 amide bonds. The Hall–Kier alpha value is -1.22. The average Bonchev–Trinajstić information content (AvgIpc) is 2.88. The maximum absolute atomic E-state index is 4.67. The second kappa shape index (κ2) is 9.82. The van der Waals surface area contributed by atoms with Gasteiger partial charge in [0.1, 0.15) is 0 Å². The van der Waals surface area contributed by atoms with Gasteiger partial charge in [-0.1, -0.05) is 6.07 Å². The molecule has 7 heteroatoms. The van der Waals surface area contributed by atoms with E-state index in [9.17, 15) is 0 Å². The van der Waals surface area contributed by atoms with Gasteiger partial charge in [0.05, 0.1) is 29.5 Å². The van der Waals surface area contributed by atoms with Crippen LogP contribution < -0.4 is 5.32 Å². The molecule has 23 heavy (non-hydrogen) atoms. The highest BCUT2D eigenvalue weighted by atomic mass is 127. The van der Waals surface area contributed by atoms with E-state index < -0.39 is 0 Å². The van der Waals surface area contributed by atoms with Crippen molar-refractivity contribution in [1.29, 1.82) is 0 Å². The summed E-state index contributed by atoms with van der Waals surface area (Å²) in [5, 5.41) is 6.50. The van der Waals surface area contributed by atoms with Gasteiger partial charge in [-0.2, -0.15) is 0 Å². The molecule has 5 nitrogen and oxygen atoms in total. The molecule has 0 bridgehead atoms. The molecular weight excluding hydrogens is 421 g/mol. The quantitative estimate of drug-likeness (QED) is 0.436. The number of aliphatic imine (C=N–C) groups is 1. The van der Waals surface area contributed by atoms with Gasteiger partial charge < -0.3 is 10.2 Å². The summed E-state index contributed by atoms with van der Waals surface area (Å²) in [6.07, 6.45) is 0. The van der Waals surface area contributed by atoms with Gasteiger partial charge >= 0.3 is 0 Å². The zero-order valence-corrected chi connectivity index (χ0v) is 17.2. The molecule has 0 saturated heterocycles. The molecular formula is C16H24IN5S. The highest BCUT2D eigenvalue weighted by Gasteiger charge is 2.08. The van der Waals surface area contributed by atoms with E-state index in [2.05, 4.69) is 37.5 Å². The number of guanidine groups is 1. The van der Waals surface area contributed by atoms with Crippen LogP contribution in [0, 0.1) is 13.8 Å². The smallest absolute Gasteiger partial charge is 0.194 e. The van der Waals surface area contributed by atoms with Crippen LogP contribution in [0.1, 0.15) is 29.0 Å². The van der Waals surface area contributed by atoms with E-state index in [-0.39, 0.29) is 24.0 Å². The number of pyridine rings is 1. The van der Waals surface area contributed by atoms with Gasteiger partial charge in [-0.15, -0.1) is 35.3 Å². The van der Waals surface area contributed by atoms with Crippen molar-refractivity contribution < 1.29 is 0 Å². The predicted molar refractivity (Wildman–Crippen MR) is 108 cm³/mol. The van der Waals surface area contributed by atoms with Crippen LogP contribution in [0.5, 0.6) is 0 Å². The molecule has 2 rings (SSSR count). The monoisotopic (exact) mass is 445 g/mol. The first kappa shape index (κ1) is 19.8. The maximum atomic E-state index is 4.67. The van der Waals surface area contributed by atoms with E-state index in [1.807, 2.05) is 39.1 Å². The molecule has 2 heterocycles. The zero-order valence-electron chi connectivity index (χ0n) is 14.0. The third-order valence-electron chi connectivity index (χ3n) is 3.10. The predicted octanol–water partition coefficient (Wildman–Crippen LogP) is 3.37. The summed E-state index contributed by atoms with van der Waals surface area (Å²) >= 11 is 1.68. The number of hydrogen-bond donors (Lipinski definition) is 1. The largest absolute Gasteiger partial charge is 0.357 e. The van der Waals surface area contributed by atoms with Gasteiger partial charge in [-0.05, 0) is 32.9 Å². The molecule has 0 saturated carbocycles. The molecule has 0 unspecified atom stereocenters. The first-order valence-electron chi connectivity index (χ1n) is 7.41. The summed E-state index contributed by atoms with van der Waals surface area (Å²) in [6.45, 7) is 8.25. The van der Waals surface area contributed by atoms with Crippen LogP contribution in [0.4, 0.5) is 0 Å². The third-order valence-corrected chi connectivity index (χ3v) is 3.92. The molecule has 2 aromatic heterocycles. The number of rotatable bonds is 5. The first-order chi connectivity index (χ1) is 10.6. The molecule has 0 aromatic carbocycles. The normalized spacial score (nSPS) is 11.0. The fourth-order valence-electron chi connectivity index (χ4n) is 2.11. The molecule has 2 aromatic rings. The Kier molecular flexibility index (Phi) is 8.46. The van der Waals surface area contributed by atoms with Crippen molar-refractivity contribution in [3.8, 4) is 0 Å². The van der Waals surface area contributed by atoms with Crippen molar-refractivity contribution in [3.05, 3.63) is 45.7 Å². The van der Waals surface area contributed by atoms with E-state index in [1.165, 1.54) is 0 Å². The minimum atomic E-state index is 0. The van der Waals surface area contributed by atoms with E-state index >= 15 is 0 Å². The van der Waals surface area contributed by atoms with E-state index in [1.54, 1.807) is 11.3 Å². The Morgan fingerprint density at radius 2 is 2.04 bits per heavy atom. The number of hydrogen-bond acceptors (Lipinski definition) is 4. The Labute approximate surface area is 159 Å². The van der Waals surface area contributed by atoms with Crippen LogP contribution in [-0.2, 0) is 13.1 Å². The summed E-state index contributed by atoms with van der Waals surface area (Å²) in [6, 6.07) is 6.01. The standard InChI is InChI=1S/C16H23N5S.HI/c1-5-17-16(18-9-14-8-6-7-12(2)19-14)21(4)10-15-11-22-13(3)20-15;/h6-8,11H,5,9-10H2,1-4H3,(H,17,18);1H. The average molecular weight is 445 g/mol. The zero-order chi connectivity index (χ0) is 15.9. The summed E-state index contributed by atoms with van der Waals surface area (Å²) < 4.78 is 0. The minimum absolute atomic E-state index is 0. The van der Waals surface area contributed by atoms with Gasteiger partial charge in [0, 0.05) is 24.7 Å². The van der Waals surface area contributed by atoms with Crippen molar-refractivity contribution in [2.45, 2.75) is 33.9 Å².